The number of nitrogens with zero attached hydrogens (tertiary/aromatic N) is 1. The molecule has 0 aromatic heterocycles. The van der Waals surface area contributed by atoms with Gasteiger partial charge in [0.05, 0.1) is 30.9 Å². The van der Waals surface area contributed by atoms with Crippen LogP contribution in [0.2, 0.25) is 5.02 Å². The van der Waals surface area contributed by atoms with Crippen LogP contribution in [-0.2, 0) is 16.0 Å². The number of methoxy groups -OCH3 is 2. The van der Waals surface area contributed by atoms with Crippen molar-refractivity contribution in [2.24, 2.45) is 0 Å². The lowest BCUT2D eigenvalue weighted by molar-refractivity contribution is -0.139. The molecule has 34 heavy (non-hydrogen) atoms. The summed E-state index contributed by atoms with van der Waals surface area (Å²) in [5, 5.41) is 11.6. The van der Waals surface area contributed by atoms with Crippen molar-refractivity contribution in [3.05, 3.63) is 100 Å². The van der Waals surface area contributed by atoms with E-state index < -0.39 is 17.7 Å². The molecule has 3 aromatic carbocycles. The summed E-state index contributed by atoms with van der Waals surface area (Å²) in [6, 6.07) is 20.8. The first kappa shape index (κ1) is 23.4. The molecule has 6 nitrogen and oxygen atoms in total. The highest BCUT2D eigenvalue weighted by Crippen LogP contribution is 2.40. The van der Waals surface area contributed by atoms with Crippen LogP contribution in [-0.4, -0.2) is 42.5 Å². The number of halogens is 1. The van der Waals surface area contributed by atoms with Crippen LogP contribution >= 0.6 is 11.6 Å². The molecule has 0 spiro atoms. The third-order valence-corrected chi connectivity index (χ3v) is 6.19. The van der Waals surface area contributed by atoms with Crippen molar-refractivity contribution in [3.8, 4) is 11.5 Å². The van der Waals surface area contributed by atoms with Crippen LogP contribution in [0.3, 0.4) is 0 Å². The Morgan fingerprint density at radius 1 is 0.971 bits per heavy atom. The van der Waals surface area contributed by atoms with E-state index in [1.54, 1.807) is 25.3 Å². The van der Waals surface area contributed by atoms with Crippen molar-refractivity contribution < 1.29 is 24.2 Å². The molecule has 1 N–H and O–H groups in total. The Morgan fingerprint density at radius 3 is 2.32 bits per heavy atom. The third-order valence-electron chi connectivity index (χ3n) is 5.88. The number of likely N-dealkylation sites (tertiary alicyclic amines) is 1. The molecular formula is C27H24ClNO5. The molecule has 1 atom stereocenters. The second kappa shape index (κ2) is 10.0. The van der Waals surface area contributed by atoms with Crippen molar-refractivity contribution in [1.29, 1.82) is 0 Å². The molecule has 1 aliphatic heterocycles. The largest absolute Gasteiger partial charge is 0.507 e. The van der Waals surface area contributed by atoms with Gasteiger partial charge in [0, 0.05) is 12.1 Å². The van der Waals surface area contributed by atoms with Gasteiger partial charge in [-0.25, -0.2) is 0 Å². The van der Waals surface area contributed by atoms with E-state index in [1.807, 2.05) is 54.6 Å². The highest BCUT2D eigenvalue weighted by Gasteiger charge is 2.45. The van der Waals surface area contributed by atoms with Gasteiger partial charge in [-0.2, -0.15) is 0 Å². The zero-order chi connectivity index (χ0) is 24.2. The van der Waals surface area contributed by atoms with Gasteiger partial charge in [0.25, 0.3) is 11.7 Å². The fourth-order valence-electron chi connectivity index (χ4n) is 4.10. The number of ketones is 1. The number of carbonyl (C=O) groups excluding carboxylic acids is 2. The lowest BCUT2D eigenvalue weighted by atomic mass is 9.95. The second-order valence-corrected chi connectivity index (χ2v) is 8.26. The Labute approximate surface area is 203 Å². The highest BCUT2D eigenvalue weighted by molar-refractivity contribution is 6.46. The molecule has 1 saturated heterocycles. The van der Waals surface area contributed by atoms with E-state index in [2.05, 4.69) is 0 Å². The average Bonchev–Trinajstić information content (AvgIpc) is 3.13. The second-order valence-electron chi connectivity index (χ2n) is 7.85. The first-order chi connectivity index (χ1) is 16.4. The van der Waals surface area contributed by atoms with E-state index in [0.717, 1.165) is 16.9 Å². The lowest BCUT2D eigenvalue weighted by Gasteiger charge is -2.25. The first-order valence-electron chi connectivity index (χ1n) is 10.7. The predicted octanol–water partition coefficient (Wildman–Crippen LogP) is 5.02. The zero-order valence-electron chi connectivity index (χ0n) is 18.8. The smallest absolute Gasteiger partial charge is 0.295 e. The number of hydrogen-bond acceptors (Lipinski definition) is 5. The summed E-state index contributed by atoms with van der Waals surface area (Å²) < 4.78 is 10.4. The van der Waals surface area contributed by atoms with Crippen LogP contribution in [0.25, 0.3) is 5.76 Å². The molecule has 1 fully saturated rings. The van der Waals surface area contributed by atoms with Gasteiger partial charge in [0.2, 0.25) is 0 Å². The predicted molar refractivity (Wildman–Crippen MR) is 130 cm³/mol. The number of hydrogen-bond donors (Lipinski definition) is 1. The highest BCUT2D eigenvalue weighted by atomic mass is 35.5. The van der Waals surface area contributed by atoms with Gasteiger partial charge in [-0.15, -0.1) is 0 Å². The molecule has 3 aromatic rings. The molecule has 1 unspecified atom stereocenters. The molecule has 0 bridgehead atoms. The van der Waals surface area contributed by atoms with Crippen LogP contribution in [0.1, 0.15) is 22.7 Å². The fourth-order valence-corrected chi connectivity index (χ4v) is 4.29. The van der Waals surface area contributed by atoms with E-state index in [4.69, 9.17) is 21.1 Å². The van der Waals surface area contributed by atoms with Crippen LogP contribution < -0.4 is 9.47 Å². The number of Topliss-reactive ketones (excluding diaryl/α,β-unsaturated/α-hetero) is 1. The van der Waals surface area contributed by atoms with Crippen LogP contribution in [0.5, 0.6) is 11.5 Å². The fraction of sp³-hybridized carbons (Fsp3) is 0.185. The SMILES string of the molecule is COc1ccc(CCN2C(=O)C(=O)/C(=C(\O)c3ccc(Cl)c(OC)c3)C2c2ccccc2)cc1. The molecule has 1 amide bonds. The maximum absolute atomic E-state index is 13.1. The molecule has 7 heteroatoms. The van der Waals surface area contributed by atoms with E-state index in [-0.39, 0.29) is 11.3 Å². The minimum atomic E-state index is -0.727. The van der Waals surface area contributed by atoms with E-state index in [1.165, 1.54) is 12.0 Å². The topological polar surface area (TPSA) is 76.1 Å². The van der Waals surface area contributed by atoms with Gasteiger partial charge in [-0.3, -0.25) is 9.59 Å². The van der Waals surface area contributed by atoms with Gasteiger partial charge in [0.15, 0.2) is 0 Å². The van der Waals surface area contributed by atoms with Gasteiger partial charge in [0.1, 0.15) is 17.3 Å². The number of carbonyl (C=O) groups is 2. The van der Waals surface area contributed by atoms with Crippen LogP contribution in [0.4, 0.5) is 0 Å². The van der Waals surface area contributed by atoms with Gasteiger partial charge >= 0.3 is 0 Å². The molecule has 1 heterocycles. The number of rotatable bonds is 7. The first-order valence-corrected chi connectivity index (χ1v) is 11.1. The monoisotopic (exact) mass is 477 g/mol. The Balaban J connectivity index is 1.74. The molecular weight excluding hydrogens is 454 g/mol. The average molecular weight is 478 g/mol. The quantitative estimate of drug-likeness (QED) is 0.294. The van der Waals surface area contributed by atoms with E-state index >= 15 is 0 Å². The maximum Gasteiger partial charge on any atom is 0.295 e. The van der Waals surface area contributed by atoms with Gasteiger partial charge < -0.3 is 19.5 Å². The Morgan fingerprint density at radius 2 is 1.68 bits per heavy atom. The van der Waals surface area contributed by atoms with E-state index in [0.29, 0.717) is 29.3 Å². The standard InChI is InChI=1S/C27H24ClNO5/c1-33-20-11-8-17(9-12-20)14-15-29-24(18-6-4-3-5-7-18)23(26(31)27(29)32)25(30)19-10-13-21(28)22(16-19)34-2/h3-13,16,24,30H,14-15H2,1-2H3/b25-23-. The summed E-state index contributed by atoms with van der Waals surface area (Å²) in [6.07, 6.45) is 0.537. The molecule has 0 radical (unpaired) electrons. The minimum absolute atomic E-state index is 0.0373. The summed E-state index contributed by atoms with van der Waals surface area (Å²) in [7, 11) is 3.07. The summed E-state index contributed by atoms with van der Waals surface area (Å²) in [5.74, 6) is -0.545. The molecule has 0 saturated carbocycles. The van der Waals surface area contributed by atoms with Crippen molar-refractivity contribution in [2.75, 3.05) is 20.8 Å². The van der Waals surface area contributed by atoms with Gasteiger partial charge in [-0.1, -0.05) is 54.1 Å². The summed E-state index contributed by atoms with van der Waals surface area (Å²) in [6.45, 7) is 0.303. The molecule has 174 valence electrons. The number of ether oxygens (including phenoxy) is 2. The van der Waals surface area contributed by atoms with Crippen LogP contribution in [0, 0.1) is 0 Å². The normalized spacial score (nSPS) is 17.1. The van der Waals surface area contributed by atoms with Gasteiger partial charge in [-0.05, 0) is 47.9 Å². The number of amides is 1. The number of benzene rings is 3. The Bertz CT molecular complexity index is 1240. The molecule has 4 rings (SSSR count). The van der Waals surface area contributed by atoms with Crippen molar-refractivity contribution in [1.82, 2.24) is 4.90 Å². The number of aliphatic hydroxyl groups excluding tert-OH is 1. The summed E-state index contributed by atoms with van der Waals surface area (Å²) in [5.41, 5.74) is 2.11. The lowest BCUT2D eigenvalue weighted by Crippen LogP contribution is -2.31. The van der Waals surface area contributed by atoms with Crippen molar-refractivity contribution >= 4 is 29.1 Å². The zero-order valence-corrected chi connectivity index (χ0v) is 19.6. The maximum atomic E-state index is 13.1. The Hall–Kier alpha value is -3.77. The van der Waals surface area contributed by atoms with E-state index in [9.17, 15) is 14.7 Å². The molecule has 0 aliphatic carbocycles. The minimum Gasteiger partial charge on any atom is -0.507 e. The van der Waals surface area contributed by atoms with Crippen LogP contribution in [0.15, 0.2) is 78.4 Å². The Kier molecular flexibility index (Phi) is 6.89. The third kappa shape index (κ3) is 4.50. The summed E-state index contributed by atoms with van der Waals surface area (Å²) >= 11 is 6.12. The van der Waals surface area contributed by atoms with Crippen molar-refractivity contribution in [2.45, 2.75) is 12.5 Å². The summed E-state index contributed by atoms with van der Waals surface area (Å²) in [4.78, 5) is 27.8. The number of aliphatic hydroxyl groups is 1. The van der Waals surface area contributed by atoms with Crippen molar-refractivity contribution in [3.63, 3.8) is 0 Å². The molecule has 1 aliphatic rings.